The lowest BCUT2D eigenvalue weighted by molar-refractivity contribution is -0.153. The third-order valence-corrected chi connectivity index (χ3v) is 5.25. The summed E-state index contributed by atoms with van der Waals surface area (Å²) >= 11 is 0. The van der Waals surface area contributed by atoms with Gasteiger partial charge in [0.25, 0.3) is 0 Å². The number of benzene rings is 3. The van der Waals surface area contributed by atoms with Gasteiger partial charge in [-0.25, -0.2) is 0 Å². The van der Waals surface area contributed by atoms with Crippen LogP contribution in [0.1, 0.15) is 16.7 Å². The second-order valence-electron chi connectivity index (χ2n) is 7.59. The second kappa shape index (κ2) is 11.2. The van der Waals surface area contributed by atoms with Gasteiger partial charge in [0.2, 0.25) is 0 Å². The molecule has 1 aliphatic rings. The van der Waals surface area contributed by atoms with Gasteiger partial charge in [-0.3, -0.25) is 0 Å². The van der Waals surface area contributed by atoms with E-state index >= 15 is 0 Å². The van der Waals surface area contributed by atoms with E-state index in [0.29, 0.717) is 26.4 Å². The molecule has 3 aromatic rings. The summed E-state index contributed by atoms with van der Waals surface area (Å²) in [6.45, 7) is 1.55. The Morgan fingerprint density at radius 3 is 1.58 bits per heavy atom. The Morgan fingerprint density at radius 1 is 0.613 bits per heavy atom. The molecular formula is C26H28O5. The van der Waals surface area contributed by atoms with Crippen molar-refractivity contribution in [2.24, 2.45) is 0 Å². The van der Waals surface area contributed by atoms with Crippen molar-refractivity contribution in [3.8, 4) is 0 Å². The molecule has 1 aliphatic heterocycles. The van der Waals surface area contributed by atoms with Gasteiger partial charge >= 0.3 is 0 Å². The average molecular weight is 421 g/mol. The van der Waals surface area contributed by atoms with Crippen LogP contribution in [0.25, 0.3) is 0 Å². The van der Waals surface area contributed by atoms with Crippen LogP contribution in [0.4, 0.5) is 0 Å². The number of hydrogen-bond donors (Lipinski definition) is 1. The fraction of sp³-hybridized carbons (Fsp3) is 0.308. The molecule has 3 aromatic carbocycles. The lowest BCUT2D eigenvalue weighted by atomic mass is 10.1. The van der Waals surface area contributed by atoms with Crippen molar-refractivity contribution >= 4 is 0 Å². The van der Waals surface area contributed by atoms with Gasteiger partial charge in [-0.2, -0.15) is 0 Å². The molecule has 1 N–H and O–H groups in total. The van der Waals surface area contributed by atoms with Gasteiger partial charge < -0.3 is 24.1 Å². The minimum Gasteiger partial charge on any atom is -0.374 e. The van der Waals surface area contributed by atoms with E-state index in [4.69, 9.17) is 18.9 Å². The number of aliphatic hydroxyl groups excluding tert-OH is 1. The minimum atomic E-state index is -1.07. The Kier molecular flexibility index (Phi) is 7.82. The zero-order valence-corrected chi connectivity index (χ0v) is 17.4. The Morgan fingerprint density at radius 2 is 1.06 bits per heavy atom. The quantitative estimate of drug-likeness (QED) is 0.535. The Labute approximate surface area is 183 Å². The molecular weight excluding hydrogens is 392 g/mol. The summed E-state index contributed by atoms with van der Waals surface area (Å²) in [5.74, 6) is 0. The molecule has 0 amide bonds. The molecule has 5 heteroatoms. The van der Waals surface area contributed by atoms with Crippen LogP contribution in [-0.2, 0) is 38.8 Å². The van der Waals surface area contributed by atoms with Gasteiger partial charge in [0.05, 0.1) is 26.4 Å². The van der Waals surface area contributed by atoms with E-state index in [0.717, 1.165) is 16.7 Å². The summed E-state index contributed by atoms with van der Waals surface area (Å²) in [6, 6.07) is 29.8. The first-order valence-corrected chi connectivity index (χ1v) is 10.6. The van der Waals surface area contributed by atoms with Gasteiger partial charge in [-0.05, 0) is 16.7 Å². The summed E-state index contributed by atoms with van der Waals surface area (Å²) in [5.41, 5.74) is 3.16. The topological polar surface area (TPSA) is 57.2 Å². The van der Waals surface area contributed by atoms with Crippen molar-refractivity contribution in [2.75, 3.05) is 6.61 Å². The smallest absolute Gasteiger partial charge is 0.184 e. The first-order valence-electron chi connectivity index (χ1n) is 10.6. The monoisotopic (exact) mass is 420 g/mol. The summed E-state index contributed by atoms with van der Waals surface area (Å²) in [4.78, 5) is 0. The molecule has 1 heterocycles. The lowest BCUT2D eigenvalue weighted by Crippen LogP contribution is -2.39. The molecule has 162 valence electrons. The first-order chi connectivity index (χ1) is 15.3. The zero-order valence-electron chi connectivity index (χ0n) is 17.4. The molecule has 0 saturated carbocycles. The maximum atomic E-state index is 10.5. The highest BCUT2D eigenvalue weighted by atomic mass is 16.7. The molecule has 1 fully saturated rings. The highest BCUT2D eigenvalue weighted by Gasteiger charge is 2.45. The third kappa shape index (κ3) is 6.23. The summed E-state index contributed by atoms with van der Waals surface area (Å²) < 4.78 is 23.9. The van der Waals surface area contributed by atoms with Crippen molar-refractivity contribution in [1.29, 1.82) is 0 Å². The first kappa shape index (κ1) is 21.7. The molecule has 4 rings (SSSR count). The van der Waals surface area contributed by atoms with E-state index in [9.17, 15) is 5.11 Å². The average Bonchev–Trinajstić information content (AvgIpc) is 3.12. The summed E-state index contributed by atoms with van der Waals surface area (Å²) in [6.07, 6.45) is -2.55. The van der Waals surface area contributed by atoms with Gasteiger partial charge in [-0.15, -0.1) is 0 Å². The van der Waals surface area contributed by atoms with Gasteiger partial charge in [0, 0.05) is 0 Å². The molecule has 0 aromatic heterocycles. The lowest BCUT2D eigenvalue weighted by Gasteiger charge is -2.24. The van der Waals surface area contributed by atoms with Crippen LogP contribution in [0.3, 0.4) is 0 Å². The van der Waals surface area contributed by atoms with Gasteiger partial charge in [0.1, 0.15) is 18.3 Å². The van der Waals surface area contributed by atoms with E-state index in [-0.39, 0.29) is 0 Å². The Bertz CT molecular complexity index is 887. The van der Waals surface area contributed by atoms with Gasteiger partial charge in [-0.1, -0.05) is 91.0 Å². The van der Waals surface area contributed by atoms with Crippen LogP contribution in [0.15, 0.2) is 91.0 Å². The van der Waals surface area contributed by atoms with Crippen molar-refractivity contribution in [2.45, 2.75) is 44.4 Å². The standard InChI is InChI=1S/C26H28O5/c27-26-25(30-18-22-14-8-3-9-15-22)24(29-17-21-12-6-2-7-13-21)23(31-26)19-28-16-20-10-4-1-5-11-20/h1-15,23-27H,16-19H2/t23-,24-,25+,26?/m0/s1. The molecule has 0 radical (unpaired) electrons. The van der Waals surface area contributed by atoms with Gasteiger partial charge in [0.15, 0.2) is 6.29 Å². The molecule has 0 bridgehead atoms. The number of aliphatic hydroxyl groups is 1. The summed E-state index contributed by atoms with van der Waals surface area (Å²) in [7, 11) is 0. The maximum Gasteiger partial charge on any atom is 0.184 e. The van der Waals surface area contributed by atoms with Crippen LogP contribution < -0.4 is 0 Å². The Hall–Kier alpha value is -2.54. The van der Waals surface area contributed by atoms with Crippen molar-refractivity contribution in [3.05, 3.63) is 108 Å². The molecule has 5 nitrogen and oxygen atoms in total. The van der Waals surface area contributed by atoms with Crippen LogP contribution in [-0.4, -0.2) is 36.3 Å². The second-order valence-corrected chi connectivity index (χ2v) is 7.59. The Balaban J connectivity index is 1.39. The SMILES string of the molecule is OC1O[C@@H](COCc2ccccc2)[C@H](OCc2ccccc2)[C@H]1OCc1ccccc1. The highest BCUT2D eigenvalue weighted by Crippen LogP contribution is 2.28. The van der Waals surface area contributed by atoms with Crippen LogP contribution in [0.5, 0.6) is 0 Å². The summed E-state index contributed by atoms with van der Waals surface area (Å²) in [5, 5.41) is 10.5. The molecule has 31 heavy (non-hydrogen) atoms. The van der Waals surface area contributed by atoms with E-state index in [1.165, 1.54) is 0 Å². The fourth-order valence-corrected chi connectivity index (χ4v) is 3.62. The van der Waals surface area contributed by atoms with E-state index in [1.807, 2.05) is 91.0 Å². The van der Waals surface area contributed by atoms with Crippen LogP contribution >= 0.6 is 0 Å². The van der Waals surface area contributed by atoms with Crippen molar-refractivity contribution < 1.29 is 24.1 Å². The van der Waals surface area contributed by atoms with E-state index in [2.05, 4.69) is 0 Å². The van der Waals surface area contributed by atoms with Crippen LogP contribution in [0, 0.1) is 0 Å². The van der Waals surface area contributed by atoms with Crippen molar-refractivity contribution in [1.82, 2.24) is 0 Å². The molecule has 0 spiro atoms. The fourth-order valence-electron chi connectivity index (χ4n) is 3.62. The predicted molar refractivity (Wildman–Crippen MR) is 117 cm³/mol. The van der Waals surface area contributed by atoms with Crippen molar-refractivity contribution in [3.63, 3.8) is 0 Å². The van der Waals surface area contributed by atoms with Crippen LogP contribution in [0.2, 0.25) is 0 Å². The number of hydrogen-bond acceptors (Lipinski definition) is 5. The number of ether oxygens (including phenoxy) is 4. The largest absolute Gasteiger partial charge is 0.374 e. The minimum absolute atomic E-state index is 0.302. The van der Waals surface area contributed by atoms with E-state index in [1.54, 1.807) is 0 Å². The zero-order chi connectivity index (χ0) is 21.3. The third-order valence-electron chi connectivity index (χ3n) is 5.25. The predicted octanol–water partition coefficient (Wildman–Crippen LogP) is 4.09. The molecule has 0 aliphatic carbocycles. The van der Waals surface area contributed by atoms with E-state index < -0.39 is 24.6 Å². The molecule has 1 unspecified atom stereocenters. The highest BCUT2D eigenvalue weighted by molar-refractivity contribution is 5.15. The number of rotatable bonds is 10. The normalized spacial score (nSPS) is 23.1. The molecule has 1 saturated heterocycles. The maximum absolute atomic E-state index is 10.5. The molecule has 4 atom stereocenters.